The first-order chi connectivity index (χ1) is 10.9. The molecule has 10 nitrogen and oxygen atoms in total. The normalized spacial score (nSPS) is 18.1. The second-order valence-corrected chi connectivity index (χ2v) is 5.33. The molecule has 0 unspecified atom stereocenters. The van der Waals surface area contributed by atoms with Crippen molar-refractivity contribution in [3.63, 3.8) is 0 Å². The van der Waals surface area contributed by atoms with Gasteiger partial charge >= 0.3 is 17.9 Å². The van der Waals surface area contributed by atoms with E-state index in [2.05, 4.69) is 10.6 Å². The van der Waals surface area contributed by atoms with Crippen molar-refractivity contribution in [2.45, 2.75) is 6.04 Å². The van der Waals surface area contributed by atoms with E-state index in [1.165, 1.54) is 0 Å². The SMILES string of the molecule is O=C(O)CN1CCNCCN(CCNC(C(=O)O)C(=O)O)CC1. The molecule has 5 N–H and O–H groups in total. The van der Waals surface area contributed by atoms with Gasteiger partial charge in [-0.2, -0.15) is 0 Å². The lowest BCUT2D eigenvalue weighted by Crippen LogP contribution is -2.47. The quantitative estimate of drug-likeness (QED) is 0.300. The highest BCUT2D eigenvalue weighted by Gasteiger charge is 2.24. The number of carbonyl (C=O) groups is 3. The molecular weight excluding hydrogens is 308 g/mol. The second-order valence-electron chi connectivity index (χ2n) is 5.33. The van der Waals surface area contributed by atoms with E-state index in [1.54, 1.807) is 0 Å². The van der Waals surface area contributed by atoms with Crippen LogP contribution in [0.5, 0.6) is 0 Å². The van der Waals surface area contributed by atoms with Crippen molar-refractivity contribution in [3.05, 3.63) is 0 Å². The molecule has 132 valence electrons. The first kappa shape index (κ1) is 19.3. The first-order valence-electron chi connectivity index (χ1n) is 7.46. The highest BCUT2D eigenvalue weighted by Crippen LogP contribution is 1.95. The van der Waals surface area contributed by atoms with Crippen LogP contribution in [0.15, 0.2) is 0 Å². The Morgan fingerprint density at radius 2 is 1.52 bits per heavy atom. The molecule has 1 rings (SSSR count). The summed E-state index contributed by atoms with van der Waals surface area (Å²) >= 11 is 0. The Labute approximate surface area is 134 Å². The van der Waals surface area contributed by atoms with E-state index in [-0.39, 0.29) is 13.1 Å². The number of aliphatic carboxylic acids is 3. The summed E-state index contributed by atoms with van der Waals surface area (Å²) in [7, 11) is 0. The minimum absolute atomic E-state index is 0.0200. The number of carboxylic acid groups (broad SMARTS) is 3. The van der Waals surface area contributed by atoms with Crippen molar-refractivity contribution in [2.24, 2.45) is 0 Å². The van der Waals surface area contributed by atoms with Crippen LogP contribution in [0.1, 0.15) is 0 Å². The smallest absolute Gasteiger partial charge is 0.332 e. The first-order valence-corrected chi connectivity index (χ1v) is 7.46. The third-order valence-electron chi connectivity index (χ3n) is 3.57. The van der Waals surface area contributed by atoms with Crippen LogP contribution >= 0.6 is 0 Å². The maximum Gasteiger partial charge on any atom is 0.332 e. The molecule has 0 saturated carbocycles. The van der Waals surface area contributed by atoms with Crippen molar-refractivity contribution in [1.82, 2.24) is 20.4 Å². The molecule has 0 aromatic rings. The van der Waals surface area contributed by atoms with Gasteiger partial charge in [0.2, 0.25) is 6.04 Å². The average molecular weight is 332 g/mol. The molecule has 0 bridgehead atoms. The van der Waals surface area contributed by atoms with Crippen molar-refractivity contribution >= 4 is 17.9 Å². The second kappa shape index (κ2) is 10.1. The van der Waals surface area contributed by atoms with Crippen molar-refractivity contribution in [1.29, 1.82) is 0 Å². The largest absolute Gasteiger partial charge is 0.480 e. The molecule has 0 aliphatic carbocycles. The third-order valence-corrected chi connectivity index (χ3v) is 3.57. The van der Waals surface area contributed by atoms with Crippen LogP contribution in [0.3, 0.4) is 0 Å². The molecule has 10 heteroatoms. The van der Waals surface area contributed by atoms with Gasteiger partial charge in [-0.3, -0.25) is 19.9 Å². The van der Waals surface area contributed by atoms with Crippen molar-refractivity contribution < 1.29 is 29.7 Å². The summed E-state index contributed by atoms with van der Waals surface area (Å²) in [5, 5.41) is 32.2. The Kier molecular flexibility index (Phi) is 8.48. The summed E-state index contributed by atoms with van der Waals surface area (Å²) in [5.74, 6) is -3.71. The van der Waals surface area contributed by atoms with Gasteiger partial charge < -0.3 is 20.6 Å². The van der Waals surface area contributed by atoms with Gasteiger partial charge in [0.05, 0.1) is 6.54 Å². The fourth-order valence-electron chi connectivity index (χ4n) is 2.33. The zero-order chi connectivity index (χ0) is 17.2. The predicted molar refractivity (Wildman–Crippen MR) is 80.4 cm³/mol. The molecule has 1 aliphatic rings. The minimum atomic E-state index is -1.62. The Bertz CT molecular complexity index is 405. The van der Waals surface area contributed by atoms with E-state index in [1.807, 2.05) is 9.80 Å². The van der Waals surface area contributed by atoms with E-state index >= 15 is 0 Å². The molecule has 0 aromatic carbocycles. The van der Waals surface area contributed by atoms with Gasteiger partial charge in [0.1, 0.15) is 0 Å². The highest BCUT2D eigenvalue weighted by molar-refractivity contribution is 5.97. The van der Waals surface area contributed by atoms with E-state index < -0.39 is 23.9 Å². The maximum atomic E-state index is 10.8. The molecule has 23 heavy (non-hydrogen) atoms. The summed E-state index contributed by atoms with van der Waals surface area (Å²) in [6, 6.07) is -1.62. The molecule has 1 heterocycles. The topological polar surface area (TPSA) is 142 Å². The van der Waals surface area contributed by atoms with Gasteiger partial charge in [0.15, 0.2) is 0 Å². The fourth-order valence-corrected chi connectivity index (χ4v) is 2.33. The van der Waals surface area contributed by atoms with E-state index in [4.69, 9.17) is 15.3 Å². The van der Waals surface area contributed by atoms with Crippen LogP contribution in [-0.4, -0.2) is 108 Å². The van der Waals surface area contributed by atoms with Crippen LogP contribution in [0.25, 0.3) is 0 Å². The van der Waals surface area contributed by atoms with Gasteiger partial charge in [-0.05, 0) is 0 Å². The van der Waals surface area contributed by atoms with E-state index in [0.29, 0.717) is 32.7 Å². The molecule has 1 aliphatic heterocycles. The molecule has 1 fully saturated rings. The standard InChI is InChI=1S/C13H24N4O6/c18-10(19)9-17-5-2-14-1-4-16(7-8-17)6-3-15-11(12(20)21)13(22)23/h11,14-15H,1-9H2,(H,18,19)(H,20,21)(H,22,23). The molecule has 0 spiro atoms. The molecule has 0 amide bonds. The van der Waals surface area contributed by atoms with Crippen LogP contribution in [-0.2, 0) is 14.4 Å². The predicted octanol–water partition coefficient (Wildman–Crippen LogP) is -2.59. The Morgan fingerprint density at radius 3 is 2.09 bits per heavy atom. The summed E-state index contributed by atoms with van der Waals surface area (Å²) in [6.07, 6.45) is 0. The number of nitrogens with one attached hydrogen (secondary N) is 2. The molecular formula is C13H24N4O6. The zero-order valence-corrected chi connectivity index (χ0v) is 12.9. The van der Waals surface area contributed by atoms with Gasteiger partial charge in [-0.25, -0.2) is 9.59 Å². The minimum Gasteiger partial charge on any atom is -0.480 e. The highest BCUT2D eigenvalue weighted by atomic mass is 16.4. The molecule has 1 saturated heterocycles. The molecule has 0 radical (unpaired) electrons. The number of rotatable bonds is 8. The monoisotopic (exact) mass is 332 g/mol. The summed E-state index contributed by atoms with van der Waals surface area (Å²) in [5.41, 5.74) is 0. The van der Waals surface area contributed by atoms with Crippen molar-refractivity contribution in [2.75, 3.05) is 58.9 Å². The number of carboxylic acids is 3. The molecule has 0 atom stereocenters. The number of hydrogen-bond donors (Lipinski definition) is 5. The van der Waals surface area contributed by atoms with Crippen LogP contribution in [0.2, 0.25) is 0 Å². The van der Waals surface area contributed by atoms with Gasteiger partial charge in [0, 0.05) is 52.4 Å². The van der Waals surface area contributed by atoms with Crippen LogP contribution in [0, 0.1) is 0 Å². The lowest BCUT2D eigenvalue weighted by molar-refractivity contribution is -0.151. The van der Waals surface area contributed by atoms with E-state index in [9.17, 15) is 14.4 Å². The third kappa shape index (κ3) is 7.88. The van der Waals surface area contributed by atoms with Gasteiger partial charge in [-0.15, -0.1) is 0 Å². The lowest BCUT2D eigenvalue weighted by Gasteiger charge is -2.25. The summed E-state index contributed by atoms with van der Waals surface area (Å²) in [6.45, 7) is 4.75. The van der Waals surface area contributed by atoms with Crippen molar-refractivity contribution in [3.8, 4) is 0 Å². The lowest BCUT2D eigenvalue weighted by atomic mass is 10.3. The fraction of sp³-hybridized carbons (Fsp3) is 0.769. The van der Waals surface area contributed by atoms with Gasteiger partial charge in [-0.1, -0.05) is 0 Å². The molecule has 0 aromatic heterocycles. The average Bonchev–Trinajstić information content (AvgIpc) is 2.55. The summed E-state index contributed by atoms with van der Waals surface area (Å²) < 4.78 is 0. The maximum absolute atomic E-state index is 10.8. The Hall–Kier alpha value is -1.75. The Balaban J connectivity index is 2.43. The van der Waals surface area contributed by atoms with Crippen LogP contribution < -0.4 is 10.6 Å². The zero-order valence-electron chi connectivity index (χ0n) is 12.9. The Morgan fingerprint density at radius 1 is 0.957 bits per heavy atom. The number of hydrogen-bond acceptors (Lipinski definition) is 7. The summed E-state index contributed by atoms with van der Waals surface area (Å²) in [4.78, 5) is 36.3. The van der Waals surface area contributed by atoms with E-state index in [0.717, 1.165) is 13.1 Å². The van der Waals surface area contributed by atoms with Crippen LogP contribution in [0.4, 0.5) is 0 Å². The van der Waals surface area contributed by atoms with Gasteiger partial charge in [0.25, 0.3) is 0 Å². The number of nitrogens with zero attached hydrogens (tertiary/aromatic N) is 2.